The Morgan fingerprint density at radius 1 is 1.24 bits per heavy atom. The van der Waals surface area contributed by atoms with E-state index in [1.165, 1.54) is 0 Å². The molecule has 3 N–H and O–H groups in total. The lowest BCUT2D eigenvalue weighted by molar-refractivity contribution is 0.100. The van der Waals surface area contributed by atoms with Crippen LogP contribution in [0.25, 0.3) is 21.7 Å². The number of fused-ring (bicyclic) bond motifs is 3. The molecule has 0 saturated carbocycles. The molecular weight excluding hydrogens is 266 g/mol. The number of nitrogens with two attached hydrogens (primary N) is 1. The van der Waals surface area contributed by atoms with Crippen LogP contribution in [0.2, 0.25) is 0 Å². The molecule has 3 rings (SSSR count). The van der Waals surface area contributed by atoms with Crippen LogP contribution in [0, 0.1) is 0 Å². The molecule has 2 aromatic heterocycles. The topological polar surface area (TPSA) is 88.8 Å². The Morgan fingerprint density at radius 3 is 2.67 bits per heavy atom. The maximum Gasteiger partial charge on any atom is 0.258 e. The van der Waals surface area contributed by atoms with E-state index in [2.05, 4.69) is 9.97 Å². The number of primary amides is 1. The van der Waals surface area contributed by atoms with Crippen molar-refractivity contribution in [2.45, 2.75) is 19.8 Å². The Balaban J connectivity index is 2.57. The summed E-state index contributed by atoms with van der Waals surface area (Å²) in [5, 5.41) is 2.07. The lowest BCUT2D eigenvalue weighted by atomic mass is 9.97. The Labute approximate surface area is 120 Å². The number of carbonyl (C=O) groups is 1. The van der Waals surface area contributed by atoms with Crippen molar-refractivity contribution in [1.29, 1.82) is 0 Å². The van der Waals surface area contributed by atoms with E-state index in [1.807, 2.05) is 19.9 Å². The predicted octanol–water partition coefficient (Wildman–Crippen LogP) is 2.30. The molecule has 1 aromatic carbocycles. The predicted molar refractivity (Wildman–Crippen MR) is 82.5 cm³/mol. The molecule has 0 unspecified atom stereocenters. The van der Waals surface area contributed by atoms with Gasteiger partial charge in [0.15, 0.2) is 0 Å². The summed E-state index contributed by atoms with van der Waals surface area (Å²) in [7, 11) is 0. The minimum atomic E-state index is -0.514. The highest BCUT2D eigenvalue weighted by Gasteiger charge is 2.14. The van der Waals surface area contributed by atoms with Crippen molar-refractivity contribution in [2.24, 2.45) is 5.73 Å². The van der Waals surface area contributed by atoms with E-state index in [0.29, 0.717) is 21.9 Å². The van der Waals surface area contributed by atoms with Gasteiger partial charge in [-0.2, -0.15) is 0 Å². The molecule has 0 aliphatic heterocycles. The van der Waals surface area contributed by atoms with Gasteiger partial charge in [-0.05, 0) is 29.5 Å². The van der Waals surface area contributed by atoms with Crippen LogP contribution in [0.15, 0.2) is 35.3 Å². The van der Waals surface area contributed by atoms with Crippen molar-refractivity contribution in [1.82, 2.24) is 9.97 Å². The first kappa shape index (κ1) is 13.3. The molecule has 0 bridgehead atoms. The SMILES string of the molecule is CC(C)c1nc2cc[nH]c(=O)c2c2cc(C(N)=O)ccc12. The van der Waals surface area contributed by atoms with Gasteiger partial charge in [-0.3, -0.25) is 14.6 Å². The first-order chi connectivity index (χ1) is 9.99. The smallest absolute Gasteiger partial charge is 0.258 e. The summed E-state index contributed by atoms with van der Waals surface area (Å²) in [6.45, 7) is 4.09. The quantitative estimate of drug-likeness (QED) is 0.706. The van der Waals surface area contributed by atoms with Gasteiger partial charge in [0.25, 0.3) is 5.56 Å². The van der Waals surface area contributed by atoms with E-state index in [1.54, 1.807) is 24.4 Å². The normalized spacial score (nSPS) is 11.4. The third kappa shape index (κ3) is 2.07. The molecule has 106 valence electrons. The lowest BCUT2D eigenvalue weighted by Gasteiger charge is -2.12. The van der Waals surface area contributed by atoms with E-state index in [-0.39, 0.29) is 11.5 Å². The number of aromatic nitrogens is 2. The van der Waals surface area contributed by atoms with Gasteiger partial charge in [-0.15, -0.1) is 0 Å². The minimum absolute atomic E-state index is 0.204. The van der Waals surface area contributed by atoms with Crippen molar-refractivity contribution < 1.29 is 4.79 Å². The number of aromatic amines is 1. The summed E-state index contributed by atoms with van der Waals surface area (Å²) in [6, 6.07) is 6.91. The zero-order valence-corrected chi connectivity index (χ0v) is 11.8. The number of rotatable bonds is 2. The summed E-state index contributed by atoms with van der Waals surface area (Å²) < 4.78 is 0. The largest absolute Gasteiger partial charge is 0.366 e. The highest BCUT2D eigenvalue weighted by molar-refractivity contribution is 6.09. The van der Waals surface area contributed by atoms with Crippen molar-refractivity contribution in [3.63, 3.8) is 0 Å². The van der Waals surface area contributed by atoms with E-state index in [9.17, 15) is 9.59 Å². The zero-order chi connectivity index (χ0) is 15.1. The van der Waals surface area contributed by atoms with Crippen molar-refractivity contribution in [3.8, 4) is 0 Å². The molecule has 0 fully saturated rings. The van der Waals surface area contributed by atoms with Gasteiger partial charge in [0, 0.05) is 17.1 Å². The molecule has 0 aliphatic carbocycles. The molecule has 5 heteroatoms. The van der Waals surface area contributed by atoms with Crippen LogP contribution < -0.4 is 11.3 Å². The average Bonchev–Trinajstić information content (AvgIpc) is 2.45. The number of hydrogen-bond acceptors (Lipinski definition) is 3. The van der Waals surface area contributed by atoms with E-state index < -0.39 is 5.91 Å². The van der Waals surface area contributed by atoms with Gasteiger partial charge >= 0.3 is 0 Å². The van der Waals surface area contributed by atoms with Gasteiger partial charge in [-0.25, -0.2) is 0 Å². The summed E-state index contributed by atoms with van der Waals surface area (Å²) in [5.41, 5.74) is 7.03. The lowest BCUT2D eigenvalue weighted by Crippen LogP contribution is -2.12. The second-order valence-electron chi connectivity index (χ2n) is 5.34. The van der Waals surface area contributed by atoms with Crippen molar-refractivity contribution in [3.05, 3.63) is 52.1 Å². The summed E-state index contributed by atoms with van der Waals surface area (Å²) in [5.74, 6) is -0.309. The Bertz CT molecular complexity index is 926. The standard InChI is InChI=1S/C16H15N3O2/c1-8(2)14-10-4-3-9(15(17)20)7-11(10)13-12(19-14)5-6-18-16(13)21/h3-8H,1-2H3,(H2,17,20)(H,18,21). The first-order valence-electron chi connectivity index (χ1n) is 6.74. The monoisotopic (exact) mass is 281 g/mol. The number of amides is 1. The van der Waals surface area contributed by atoms with Crippen molar-refractivity contribution >= 4 is 27.6 Å². The number of H-pyrrole nitrogens is 1. The van der Waals surface area contributed by atoms with Gasteiger partial charge in [0.05, 0.1) is 16.6 Å². The second-order valence-corrected chi connectivity index (χ2v) is 5.34. The van der Waals surface area contributed by atoms with E-state index in [0.717, 1.165) is 11.1 Å². The molecular formula is C16H15N3O2. The van der Waals surface area contributed by atoms with E-state index >= 15 is 0 Å². The number of benzene rings is 1. The molecule has 0 atom stereocenters. The number of nitrogens with zero attached hydrogens (tertiary/aromatic N) is 1. The maximum absolute atomic E-state index is 12.1. The van der Waals surface area contributed by atoms with Gasteiger partial charge in [0.1, 0.15) is 0 Å². The molecule has 5 nitrogen and oxygen atoms in total. The van der Waals surface area contributed by atoms with Crippen LogP contribution in [0.1, 0.15) is 35.8 Å². The Hall–Kier alpha value is -2.69. The highest BCUT2D eigenvalue weighted by Crippen LogP contribution is 2.29. The van der Waals surface area contributed by atoms with Crippen LogP contribution in [0.3, 0.4) is 0 Å². The fourth-order valence-corrected chi connectivity index (χ4v) is 2.58. The average molecular weight is 281 g/mol. The van der Waals surface area contributed by atoms with Crippen LogP contribution >= 0.6 is 0 Å². The van der Waals surface area contributed by atoms with Crippen molar-refractivity contribution in [2.75, 3.05) is 0 Å². The number of pyridine rings is 2. The fraction of sp³-hybridized carbons (Fsp3) is 0.188. The second kappa shape index (κ2) is 4.70. The van der Waals surface area contributed by atoms with Crippen LogP contribution in [0.5, 0.6) is 0 Å². The molecule has 2 heterocycles. The minimum Gasteiger partial charge on any atom is -0.366 e. The van der Waals surface area contributed by atoms with Gasteiger partial charge < -0.3 is 10.7 Å². The molecule has 0 aliphatic rings. The third-order valence-corrected chi connectivity index (χ3v) is 3.58. The highest BCUT2D eigenvalue weighted by atomic mass is 16.1. The van der Waals surface area contributed by atoms with Gasteiger partial charge in [0.2, 0.25) is 5.91 Å². The third-order valence-electron chi connectivity index (χ3n) is 3.58. The summed E-state index contributed by atoms with van der Waals surface area (Å²) in [4.78, 5) is 30.8. The van der Waals surface area contributed by atoms with Crippen LogP contribution in [0.4, 0.5) is 0 Å². The molecule has 3 aromatic rings. The first-order valence-corrected chi connectivity index (χ1v) is 6.74. The number of hydrogen-bond donors (Lipinski definition) is 2. The van der Waals surface area contributed by atoms with Crippen LogP contribution in [-0.4, -0.2) is 15.9 Å². The molecule has 0 saturated heterocycles. The molecule has 1 amide bonds. The molecule has 21 heavy (non-hydrogen) atoms. The Kier molecular flexibility index (Phi) is 2.97. The Morgan fingerprint density at radius 2 is 2.00 bits per heavy atom. The number of nitrogens with one attached hydrogen (secondary N) is 1. The van der Waals surface area contributed by atoms with E-state index in [4.69, 9.17) is 5.73 Å². The summed E-state index contributed by atoms with van der Waals surface area (Å²) in [6.07, 6.45) is 1.57. The molecule has 0 radical (unpaired) electrons. The molecule has 0 spiro atoms. The summed E-state index contributed by atoms with van der Waals surface area (Å²) >= 11 is 0. The fourth-order valence-electron chi connectivity index (χ4n) is 2.58. The van der Waals surface area contributed by atoms with Crippen LogP contribution in [-0.2, 0) is 0 Å². The number of carbonyl (C=O) groups excluding carboxylic acids is 1. The van der Waals surface area contributed by atoms with Gasteiger partial charge in [-0.1, -0.05) is 19.9 Å². The zero-order valence-electron chi connectivity index (χ0n) is 11.8. The maximum atomic E-state index is 12.1.